The summed E-state index contributed by atoms with van der Waals surface area (Å²) in [6.45, 7) is 4.72. The van der Waals surface area contributed by atoms with Crippen LogP contribution in [0.5, 0.6) is 0 Å². The van der Waals surface area contributed by atoms with E-state index < -0.39 is 0 Å². The van der Waals surface area contributed by atoms with Crippen LogP contribution in [-0.2, 0) is 13.5 Å². The number of likely N-dealkylation sites (N-methyl/N-ethyl adjacent to an activating group) is 1. The molecule has 0 unspecified atom stereocenters. The van der Waals surface area contributed by atoms with Crippen LogP contribution >= 0.6 is 11.8 Å². The summed E-state index contributed by atoms with van der Waals surface area (Å²) in [7, 11) is 3.76. The minimum atomic E-state index is -0.0950. The lowest BCUT2D eigenvalue weighted by atomic mass is 10.1. The number of hydrogen-bond donors (Lipinski definition) is 1. The number of nitrogens with one attached hydrogen (secondary N) is 1. The number of benzene rings is 1. The highest BCUT2D eigenvalue weighted by Crippen LogP contribution is 2.19. The Balaban J connectivity index is 1.94. The molecular weight excluding hydrogens is 308 g/mol. The van der Waals surface area contributed by atoms with E-state index in [9.17, 15) is 4.79 Å². The highest BCUT2D eigenvalue weighted by molar-refractivity contribution is 7.98. The number of rotatable bonds is 5. The number of nitrogens with zero attached hydrogens (tertiary/aromatic N) is 3. The van der Waals surface area contributed by atoms with Gasteiger partial charge in [-0.15, -0.1) is 11.8 Å². The Morgan fingerprint density at radius 2 is 2.13 bits per heavy atom. The Labute approximate surface area is 142 Å². The summed E-state index contributed by atoms with van der Waals surface area (Å²) >= 11 is 1.66. The molecule has 0 aliphatic heterocycles. The molecule has 1 aromatic carbocycles. The largest absolute Gasteiger partial charge is 0.327 e. The molecular formula is C17H24N4OS. The summed E-state index contributed by atoms with van der Waals surface area (Å²) in [5, 5.41) is 7.36. The SMILES string of the molecule is CSc1cccc(NC(=O)N(C)CCc2c(C)nn(C)c2C)c1. The molecule has 23 heavy (non-hydrogen) atoms. The van der Waals surface area contributed by atoms with Crippen LogP contribution in [0.15, 0.2) is 29.2 Å². The zero-order chi connectivity index (χ0) is 17.0. The van der Waals surface area contributed by atoms with Gasteiger partial charge in [-0.3, -0.25) is 4.68 Å². The molecule has 2 rings (SSSR count). The normalized spacial score (nSPS) is 10.7. The van der Waals surface area contributed by atoms with Gasteiger partial charge in [0.25, 0.3) is 0 Å². The van der Waals surface area contributed by atoms with E-state index >= 15 is 0 Å². The van der Waals surface area contributed by atoms with Gasteiger partial charge in [-0.2, -0.15) is 5.10 Å². The molecule has 1 aromatic heterocycles. The molecule has 0 aliphatic carbocycles. The maximum absolute atomic E-state index is 12.3. The number of hydrogen-bond acceptors (Lipinski definition) is 3. The van der Waals surface area contributed by atoms with Gasteiger partial charge in [-0.25, -0.2) is 4.79 Å². The standard InChI is InChI=1S/C17H24N4OS/c1-12-16(13(2)21(4)19-12)9-10-20(3)17(22)18-14-7-6-8-15(11-14)23-5/h6-8,11H,9-10H2,1-5H3,(H,18,22). The van der Waals surface area contributed by atoms with E-state index in [4.69, 9.17) is 0 Å². The monoisotopic (exact) mass is 332 g/mol. The van der Waals surface area contributed by atoms with Crippen molar-refractivity contribution in [2.75, 3.05) is 25.2 Å². The number of carbonyl (C=O) groups excluding carboxylic acids is 1. The third-order valence-corrected chi connectivity index (χ3v) is 4.75. The average molecular weight is 332 g/mol. The molecule has 0 fully saturated rings. The van der Waals surface area contributed by atoms with E-state index in [1.165, 1.54) is 5.56 Å². The summed E-state index contributed by atoms with van der Waals surface area (Å²) < 4.78 is 1.89. The van der Waals surface area contributed by atoms with Crippen LogP contribution in [-0.4, -0.2) is 40.6 Å². The topological polar surface area (TPSA) is 50.2 Å². The number of thioether (sulfide) groups is 1. The van der Waals surface area contributed by atoms with Crippen molar-refractivity contribution in [3.05, 3.63) is 41.2 Å². The maximum atomic E-state index is 12.3. The molecule has 0 saturated heterocycles. The van der Waals surface area contributed by atoms with Gasteiger partial charge < -0.3 is 10.2 Å². The number of aromatic nitrogens is 2. The van der Waals surface area contributed by atoms with E-state index in [2.05, 4.69) is 17.3 Å². The highest BCUT2D eigenvalue weighted by atomic mass is 32.2. The van der Waals surface area contributed by atoms with E-state index in [1.807, 2.05) is 56.2 Å². The molecule has 0 spiro atoms. The van der Waals surface area contributed by atoms with Crippen LogP contribution < -0.4 is 5.32 Å². The first-order chi connectivity index (χ1) is 10.9. The van der Waals surface area contributed by atoms with Crippen LogP contribution in [0.25, 0.3) is 0 Å². The van der Waals surface area contributed by atoms with Crippen molar-refractivity contribution in [2.45, 2.75) is 25.2 Å². The highest BCUT2D eigenvalue weighted by Gasteiger charge is 2.13. The molecule has 2 amide bonds. The lowest BCUT2D eigenvalue weighted by molar-refractivity contribution is 0.223. The van der Waals surface area contributed by atoms with Gasteiger partial charge in [0.15, 0.2) is 0 Å². The molecule has 5 nitrogen and oxygen atoms in total. The van der Waals surface area contributed by atoms with Gasteiger partial charge in [0.2, 0.25) is 0 Å². The molecule has 0 bridgehead atoms. The van der Waals surface area contributed by atoms with Crippen molar-refractivity contribution < 1.29 is 4.79 Å². The fraction of sp³-hybridized carbons (Fsp3) is 0.412. The van der Waals surface area contributed by atoms with Crippen LogP contribution in [0.1, 0.15) is 17.0 Å². The average Bonchev–Trinajstić information content (AvgIpc) is 2.78. The van der Waals surface area contributed by atoms with Crippen molar-refractivity contribution in [3.8, 4) is 0 Å². The molecule has 6 heteroatoms. The van der Waals surface area contributed by atoms with Crippen LogP contribution in [0.2, 0.25) is 0 Å². The lowest BCUT2D eigenvalue weighted by Crippen LogP contribution is -2.33. The third-order valence-electron chi connectivity index (χ3n) is 4.02. The van der Waals surface area contributed by atoms with Crippen LogP contribution in [0, 0.1) is 13.8 Å². The molecule has 0 atom stereocenters. The third kappa shape index (κ3) is 4.28. The Hall–Kier alpha value is -1.95. The first-order valence-corrected chi connectivity index (χ1v) is 8.80. The zero-order valence-corrected chi connectivity index (χ0v) is 15.2. The van der Waals surface area contributed by atoms with Gasteiger partial charge in [-0.05, 0) is 50.3 Å². The molecule has 2 aromatic rings. The van der Waals surface area contributed by atoms with Gasteiger partial charge in [0.05, 0.1) is 5.69 Å². The number of anilines is 1. The number of carbonyl (C=O) groups is 1. The van der Waals surface area contributed by atoms with Crippen LogP contribution in [0.3, 0.4) is 0 Å². The van der Waals surface area contributed by atoms with Crippen molar-refractivity contribution in [2.24, 2.45) is 7.05 Å². The molecule has 1 heterocycles. The Kier molecular flexibility index (Phi) is 5.71. The van der Waals surface area contributed by atoms with Gasteiger partial charge in [-0.1, -0.05) is 6.07 Å². The predicted octanol–water partition coefficient (Wildman–Crippen LogP) is 3.47. The quantitative estimate of drug-likeness (QED) is 0.853. The lowest BCUT2D eigenvalue weighted by Gasteiger charge is -2.18. The summed E-state index contributed by atoms with van der Waals surface area (Å²) in [6.07, 6.45) is 2.83. The Morgan fingerprint density at radius 1 is 1.39 bits per heavy atom. The maximum Gasteiger partial charge on any atom is 0.321 e. The fourth-order valence-electron chi connectivity index (χ4n) is 2.48. The molecule has 1 N–H and O–H groups in total. The minimum Gasteiger partial charge on any atom is -0.327 e. The summed E-state index contributed by atoms with van der Waals surface area (Å²) in [6, 6.07) is 7.76. The van der Waals surface area contributed by atoms with Crippen molar-refractivity contribution in [1.29, 1.82) is 0 Å². The Morgan fingerprint density at radius 3 is 2.74 bits per heavy atom. The van der Waals surface area contributed by atoms with E-state index in [-0.39, 0.29) is 6.03 Å². The zero-order valence-electron chi connectivity index (χ0n) is 14.4. The summed E-state index contributed by atoms with van der Waals surface area (Å²) in [5.41, 5.74) is 4.23. The fourth-order valence-corrected chi connectivity index (χ4v) is 2.94. The molecule has 124 valence electrons. The Bertz CT molecular complexity index is 696. The van der Waals surface area contributed by atoms with Crippen molar-refractivity contribution in [3.63, 3.8) is 0 Å². The predicted molar refractivity (Wildman–Crippen MR) is 96.3 cm³/mol. The smallest absolute Gasteiger partial charge is 0.321 e. The minimum absolute atomic E-state index is 0.0950. The number of aryl methyl sites for hydroxylation is 2. The first-order valence-electron chi connectivity index (χ1n) is 7.57. The molecule has 0 radical (unpaired) electrons. The second-order valence-corrected chi connectivity index (χ2v) is 6.49. The van der Waals surface area contributed by atoms with E-state index in [0.29, 0.717) is 6.54 Å². The second-order valence-electron chi connectivity index (χ2n) is 5.61. The van der Waals surface area contributed by atoms with Crippen molar-refractivity contribution in [1.82, 2.24) is 14.7 Å². The van der Waals surface area contributed by atoms with Gasteiger partial charge in [0, 0.05) is 36.9 Å². The van der Waals surface area contributed by atoms with Gasteiger partial charge >= 0.3 is 6.03 Å². The summed E-state index contributed by atoms with van der Waals surface area (Å²) in [5.74, 6) is 0. The van der Waals surface area contributed by atoms with E-state index in [1.54, 1.807) is 16.7 Å². The number of urea groups is 1. The summed E-state index contributed by atoms with van der Waals surface area (Å²) in [4.78, 5) is 15.1. The van der Waals surface area contributed by atoms with Crippen molar-refractivity contribution >= 4 is 23.5 Å². The molecule has 0 aliphatic rings. The van der Waals surface area contributed by atoms with Crippen LogP contribution in [0.4, 0.5) is 10.5 Å². The van der Waals surface area contributed by atoms with E-state index in [0.717, 1.165) is 28.4 Å². The number of amides is 2. The van der Waals surface area contributed by atoms with Gasteiger partial charge in [0.1, 0.15) is 0 Å². The second kappa shape index (κ2) is 7.55. The molecule has 0 saturated carbocycles. The first kappa shape index (κ1) is 17.4.